The molecule has 2 N–H and O–H groups in total. The minimum Gasteiger partial charge on any atom is -0.344 e. The number of anilines is 2. The lowest BCUT2D eigenvalue weighted by atomic mass is 9.83. The molecule has 7 nitrogen and oxygen atoms in total. The smallest absolute Gasteiger partial charge is 0.280 e. The second kappa shape index (κ2) is 8.28. The molecule has 2 aromatic carbocycles. The highest BCUT2D eigenvalue weighted by atomic mass is 32.2. The Kier molecular flexibility index (Phi) is 5.76. The standard InChI is InChI=1S/C25H28N4O3S/c1-5-15-28-22-12-7-6-11-21(22)25(3,4)23(28)14-13-20-17(2)27-29(24(20)30)18-9-8-10-19(16-18)33(26,31)32/h6-14,16H,5,15H2,1-4H3,(H2,26,31,32)/b20-13-,23-14+. The van der Waals surface area contributed by atoms with Crippen LogP contribution in [0.3, 0.4) is 0 Å². The number of nitrogens with two attached hydrogens (primary N) is 1. The van der Waals surface area contributed by atoms with Gasteiger partial charge in [-0.25, -0.2) is 13.6 Å². The van der Waals surface area contributed by atoms with Gasteiger partial charge in [0.2, 0.25) is 10.0 Å². The molecule has 2 heterocycles. The first-order valence-electron chi connectivity index (χ1n) is 10.9. The van der Waals surface area contributed by atoms with Crippen LogP contribution in [-0.2, 0) is 20.2 Å². The van der Waals surface area contributed by atoms with Crippen molar-refractivity contribution >= 4 is 33.0 Å². The number of para-hydroxylation sites is 1. The predicted molar refractivity (Wildman–Crippen MR) is 132 cm³/mol. The van der Waals surface area contributed by atoms with E-state index < -0.39 is 10.0 Å². The Balaban J connectivity index is 1.71. The van der Waals surface area contributed by atoms with E-state index in [-0.39, 0.29) is 16.2 Å². The van der Waals surface area contributed by atoms with Crippen molar-refractivity contribution in [3.05, 3.63) is 77.5 Å². The first-order valence-corrected chi connectivity index (χ1v) is 12.4. The molecule has 0 spiro atoms. The predicted octanol–water partition coefficient (Wildman–Crippen LogP) is 4.07. The molecular formula is C25H28N4O3S. The van der Waals surface area contributed by atoms with Crippen LogP contribution in [-0.4, -0.2) is 26.6 Å². The number of fused-ring (bicyclic) bond motifs is 1. The summed E-state index contributed by atoms with van der Waals surface area (Å²) in [6.07, 6.45) is 4.81. The van der Waals surface area contributed by atoms with Crippen molar-refractivity contribution in [2.75, 3.05) is 16.5 Å². The van der Waals surface area contributed by atoms with E-state index in [9.17, 15) is 13.2 Å². The van der Waals surface area contributed by atoms with E-state index in [2.05, 4.69) is 49.0 Å². The Morgan fingerprint density at radius 1 is 1.09 bits per heavy atom. The molecule has 172 valence electrons. The van der Waals surface area contributed by atoms with E-state index in [1.54, 1.807) is 13.0 Å². The third-order valence-corrected chi connectivity index (χ3v) is 7.02. The van der Waals surface area contributed by atoms with Crippen LogP contribution in [0.5, 0.6) is 0 Å². The molecule has 0 atom stereocenters. The molecule has 2 aliphatic heterocycles. The Morgan fingerprint density at radius 2 is 1.82 bits per heavy atom. The number of sulfonamides is 1. The summed E-state index contributed by atoms with van der Waals surface area (Å²) in [5.74, 6) is -0.314. The van der Waals surface area contributed by atoms with Crippen molar-refractivity contribution in [1.29, 1.82) is 0 Å². The number of hydrazone groups is 1. The van der Waals surface area contributed by atoms with Crippen molar-refractivity contribution in [3.8, 4) is 0 Å². The maximum Gasteiger partial charge on any atom is 0.280 e. The summed E-state index contributed by atoms with van der Waals surface area (Å²) in [6.45, 7) is 9.17. The molecule has 0 radical (unpaired) electrons. The highest BCUT2D eigenvalue weighted by Crippen LogP contribution is 2.47. The second-order valence-electron chi connectivity index (χ2n) is 8.77. The molecule has 33 heavy (non-hydrogen) atoms. The number of carbonyl (C=O) groups excluding carboxylic acids is 1. The fourth-order valence-corrected chi connectivity index (χ4v) is 5.00. The van der Waals surface area contributed by atoms with Crippen LogP contribution in [0.15, 0.2) is 82.0 Å². The Hall–Kier alpha value is -3.23. The summed E-state index contributed by atoms with van der Waals surface area (Å²) in [5, 5.41) is 10.8. The van der Waals surface area contributed by atoms with Crippen molar-refractivity contribution < 1.29 is 13.2 Å². The lowest BCUT2D eigenvalue weighted by Gasteiger charge is -2.26. The quantitative estimate of drug-likeness (QED) is 0.675. The topological polar surface area (TPSA) is 96.1 Å². The molecule has 4 rings (SSSR count). The summed E-state index contributed by atoms with van der Waals surface area (Å²) in [4.78, 5) is 15.4. The number of allylic oxidation sites excluding steroid dienone is 3. The van der Waals surface area contributed by atoms with Crippen LogP contribution in [0.1, 0.15) is 39.7 Å². The van der Waals surface area contributed by atoms with Gasteiger partial charge in [0.1, 0.15) is 0 Å². The number of nitrogens with zero attached hydrogens (tertiary/aromatic N) is 3. The van der Waals surface area contributed by atoms with Gasteiger partial charge >= 0.3 is 0 Å². The fourth-order valence-electron chi connectivity index (χ4n) is 4.44. The molecule has 0 unspecified atom stereocenters. The average molecular weight is 465 g/mol. The molecule has 2 aromatic rings. The van der Waals surface area contributed by atoms with E-state index in [0.29, 0.717) is 17.0 Å². The summed E-state index contributed by atoms with van der Waals surface area (Å²) in [5.41, 5.74) is 4.74. The number of hydrogen-bond donors (Lipinski definition) is 1. The molecule has 0 aromatic heterocycles. The van der Waals surface area contributed by atoms with Gasteiger partial charge in [-0.15, -0.1) is 0 Å². The summed E-state index contributed by atoms with van der Waals surface area (Å²) < 4.78 is 23.4. The SMILES string of the molecule is CCCN1/C(=C/C=C2\C(=O)N(c3cccc(S(N)(=O)=O)c3)N=C2C)C(C)(C)c2ccccc21. The summed E-state index contributed by atoms with van der Waals surface area (Å²) in [6, 6.07) is 14.3. The van der Waals surface area contributed by atoms with Gasteiger partial charge in [0.05, 0.1) is 21.9 Å². The van der Waals surface area contributed by atoms with Gasteiger partial charge in [-0.05, 0) is 55.3 Å². The van der Waals surface area contributed by atoms with Gasteiger partial charge in [-0.3, -0.25) is 4.79 Å². The minimum atomic E-state index is -3.89. The van der Waals surface area contributed by atoms with Gasteiger partial charge < -0.3 is 4.90 Å². The zero-order chi connectivity index (χ0) is 24.0. The van der Waals surface area contributed by atoms with Gasteiger partial charge in [-0.1, -0.05) is 45.0 Å². The molecule has 0 bridgehead atoms. The number of rotatable bonds is 5. The molecular weight excluding hydrogens is 436 g/mol. The van der Waals surface area contributed by atoms with E-state index in [0.717, 1.165) is 18.7 Å². The maximum absolute atomic E-state index is 13.2. The molecule has 8 heteroatoms. The lowest BCUT2D eigenvalue weighted by molar-refractivity contribution is -0.114. The zero-order valence-electron chi connectivity index (χ0n) is 19.2. The monoisotopic (exact) mass is 464 g/mol. The van der Waals surface area contributed by atoms with Crippen molar-refractivity contribution in [2.24, 2.45) is 10.2 Å². The fraction of sp³-hybridized carbons (Fsp3) is 0.280. The van der Waals surface area contributed by atoms with E-state index >= 15 is 0 Å². The third kappa shape index (κ3) is 4.00. The number of carbonyl (C=O) groups is 1. The normalized spacial score (nSPS) is 20.0. The lowest BCUT2D eigenvalue weighted by Crippen LogP contribution is -2.27. The van der Waals surface area contributed by atoms with Gasteiger partial charge in [-0.2, -0.15) is 10.1 Å². The Labute approximate surface area is 194 Å². The Morgan fingerprint density at radius 3 is 2.52 bits per heavy atom. The van der Waals surface area contributed by atoms with Gasteiger partial charge in [0.25, 0.3) is 5.91 Å². The number of benzene rings is 2. The summed E-state index contributed by atoms with van der Waals surface area (Å²) in [7, 11) is -3.89. The number of primary sulfonamides is 1. The van der Waals surface area contributed by atoms with Crippen molar-refractivity contribution in [3.63, 3.8) is 0 Å². The number of hydrogen-bond acceptors (Lipinski definition) is 5. The van der Waals surface area contributed by atoms with E-state index in [1.165, 1.54) is 34.5 Å². The maximum atomic E-state index is 13.2. The summed E-state index contributed by atoms with van der Waals surface area (Å²) >= 11 is 0. The third-order valence-electron chi connectivity index (χ3n) is 6.11. The average Bonchev–Trinajstić information content (AvgIpc) is 3.17. The van der Waals surface area contributed by atoms with E-state index in [4.69, 9.17) is 5.14 Å². The van der Waals surface area contributed by atoms with Gasteiger partial charge in [0.15, 0.2) is 0 Å². The highest BCUT2D eigenvalue weighted by Gasteiger charge is 2.39. The van der Waals surface area contributed by atoms with Crippen LogP contribution >= 0.6 is 0 Å². The zero-order valence-corrected chi connectivity index (χ0v) is 20.1. The molecule has 0 aliphatic carbocycles. The first kappa shape index (κ1) is 22.9. The van der Waals surface area contributed by atoms with Crippen LogP contribution in [0, 0.1) is 0 Å². The molecule has 2 aliphatic rings. The second-order valence-corrected chi connectivity index (χ2v) is 10.3. The molecule has 0 saturated heterocycles. The van der Waals surface area contributed by atoms with Crippen LogP contribution in [0.25, 0.3) is 0 Å². The van der Waals surface area contributed by atoms with Gasteiger partial charge in [0, 0.05) is 23.3 Å². The van der Waals surface area contributed by atoms with Crippen LogP contribution in [0.2, 0.25) is 0 Å². The first-order chi connectivity index (χ1) is 15.6. The van der Waals surface area contributed by atoms with Crippen molar-refractivity contribution in [2.45, 2.75) is 44.4 Å². The van der Waals surface area contributed by atoms with E-state index in [1.807, 2.05) is 18.2 Å². The molecule has 0 saturated carbocycles. The molecule has 0 fully saturated rings. The van der Waals surface area contributed by atoms with Crippen molar-refractivity contribution in [1.82, 2.24) is 0 Å². The number of amides is 1. The van der Waals surface area contributed by atoms with Crippen LogP contribution < -0.4 is 15.0 Å². The Bertz CT molecular complexity index is 1320. The highest BCUT2D eigenvalue weighted by molar-refractivity contribution is 7.89. The largest absolute Gasteiger partial charge is 0.344 e. The van der Waals surface area contributed by atoms with Crippen LogP contribution in [0.4, 0.5) is 11.4 Å². The molecule has 1 amide bonds. The minimum absolute atomic E-state index is 0.0686.